The summed E-state index contributed by atoms with van der Waals surface area (Å²) in [5.74, 6) is -0.240. The van der Waals surface area contributed by atoms with Crippen LogP contribution in [0.3, 0.4) is 0 Å². The average molecular weight is 758 g/mol. The number of nitrogens with one attached hydrogen (secondary N) is 1. The maximum atomic E-state index is 14.2. The van der Waals surface area contributed by atoms with Gasteiger partial charge in [-0.2, -0.15) is 0 Å². The number of phenols is 1. The van der Waals surface area contributed by atoms with E-state index in [-0.39, 0.29) is 47.7 Å². The number of imide groups is 1. The number of carbonyl (C=O) groups is 3. The summed E-state index contributed by atoms with van der Waals surface area (Å²) in [5.41, 5.74) is 8.69. The van der Waals surface area contributed by atoms with Crippen LogP contribution in [-0.4, -0.2) is 84.5 Å². The van der Waals surface area contributed by atoms with Crippen molar-refractivity contribution in [2.45, 2.75) is 63.8 Å². The fraction of sp³-hybridized carbons (Fsp3) is 0.400. The number of aryl methyl sites for hydroxylation is 1. The van der Waals surface area contributed by atoms with Gasteiger partial charge in [0.25, 0.3) is 5.91 Å². The minimum Gasteiger partial charge on any atom is -0.508 e. The van der Waals surface area contributed by atoms with Gasteiger partial charge >= 0.3 is 0 Å². The number of benzene rings is 4. The van der Waals surface area contributed by atoms with Crippen LogP contribution in [0.5, 0.6) is 5.75 Å². The van der Waals surface area contributed by atoms with Gasteiger partial charge in [0.2, 0.25) is 11.8 Å². The second-order valence-electron chi connectivity index (χ2n) is 16.2. The maximum absolute atomic E-state index is 14.2. The molecule has 0 aliphatic carbocycles. The van der Waals surface area contributed by atoms with E-state index < -0.39 is 6.04 Å². The first-order valence-electron chi connectivity index (χ1n) is 20.0. The van der Waals surface area contributed by atoms with E-state index in [1.165, 1.54) is 11.8 Å². The first kappa shape index (κ1) is 36.4. The van der Waals surface area contributed by atoms with Crippen LogP contribution in [-0.2, 0) is 27.5 Å². The van der Waals surface area contributed by atoms with Crippen LogP contribution in [0.1, 0.15) is 81.4 Å². The zero-order chi connectivity index (χ0) is 38.5. The van der Waals surface area contributed by atoms with Gasteiger partial charge in [-0.25, -0.2) is 4.39 Å². The predicted octanol–water partition coefficient (Wildman–Crippen LogP) is 6.04. The predicted molar refractivity (Wildman–Crippen MR) is 211 cm³/mol. The lowest BCUT2D eigenvalue weighted by Crippen LogP contribution is -2.52. The molecular weight excluding hydrogens is 710 g/mol. The quantitative estimate of drug-likeness (QED) is 0.220. The minimum absolute atomic E-state index is 0.0910. The molecule has 2 N–H and O–H groups in total. The Hall–Kier alpha value is -5.26. The molecule has 290 valence electrons. The van der Waals surface area contributed by atoms with Crippen LogP contribution in [0.25, 0.3) is 0 Å². The third-order valence-corrected chi connectivity index (χ3v) is 12.7. The molecule has 3 fully saturated rings. The van der Waals surface area contributed by atoms with Crippen LogP contribution < -0.4 is 15.1 Å². The molecule has 5 heterocycles. The molecule has 0 saturated carbocycles. The fourth-order valence-electron chi connectivity index (χ4n) is 9.52. The molecular formula is C45H48FN5O5. The number of halogens is 1. The Balaban J connectivity index is 0.788. The Morgan fingerprint density at radius 2 is 1.52 bits per heavy atom. The third kappa shape index (κ3) is 7.03. The van der Waals surface area contributed by atoms with Gasteiger partial charge < -0.3 is 24.5 Å². The van der Waals surface area contributed by atoms with E-state index >= 15 is 0 Å². The van der Waals surface area contributed by atoms with Gasteiger partial charge in [-0.15, -0.1) is 0 Å². The molecule has 3 amide bonds. The number of amides is 3. The van der Waals surface area contributed by atoms with Crippen molar-refractivity contribution >= 4 is 29.1 Å². The highest BCUT2D eigenvalue weighted by molar-refractivity contribution is 6.05. The molecule has 0 spiro atoms. The normalized spacial score (nSPS) is 23.3. The zero-order valence-electron chi connectivity index (χ0n) is 31.8. The highest BCUT2D eigenvalue weighted by Crippen LogP contribution is 2.46. The lowest BCUT2D eigenvalue weighted by atomic mass is 9.79. The van der Waals surface area contributed by atoms with E-state index in [0.29, 0.717) is 36.6 Å². The minimum atomic E-state index is -0.599. The Labute approximate surface area is 326 Å². The number of hydrogen-bond donors (Lipinski definition) is 2. The van der Waals surface area contributed by atoms with E-state index in [0.717, 1.165) is 92.2 Å². The standard InChI is InChI=1S/C45H48FN5O5/c1-28-22-31(4-11-39(28)46)43-42(37-10-8-36(52)24-33(37)27-56-43)30-2-5-34(6-3-30)49-16-14-29(15-17-49)25-48-18-20-50(21-19-48)35-7-9-38-32(23-35)26-51(45(38)55)40-12-13-41(53)47-44(40)54/h2-11,22-24,29,40,42-43,52H,12-21,25-27H2,1H3,(H,47,53,54)/t40-,42-,43-/m0/s1. The Morgan fingerprint density at radius 3 is 2.27 bits per heavy atom. The lowest BCUT2D eigenvalue weighted by molar-refractivity contribution is -0.136. The average Bonchev–Trinajstić information content (AvgIpc) is 3.54. The van der Waals surface area contributed by atoms with E-state index in [2.05, 4.69) is 50.3 Å². The van der Waals surface area contributed by atoms with Crippen LogP contribution in [0.2, 0.25) is 0 Å². The fourth-order valence-corrected chi connectivity index (χ4v) is 9.52. The molecule has 0 bridgehead atoms. The number of phenolic OH excluding ortho intramolecular Hbond substituents is 1. The number of anilines is 2. The Bertz CT molecular complexity index is 2160. The molecule has 10 nitrogen and oxygen atoms in total. The van der Waals surface area contributed by atoms with Gasteiger partial charge in [0.1, 0.15) is 17.6 Å². The van der Waals surface area contributed by atoms with Crippen molar-refractivity contribution in [1.82, 2.24) is 15.1 Å². The number of piperazine rings is 1. The van der Waals surface area contributed by atoms with Crippen LogP contribution in [0.4, 0.5) is 15.8 Å². The molecule has 4 aromatic rings. The molecule has 0 aromatic heterocycles. The van der Waals surface area contributed by atoms with E-state index in [4.69, 9.17) is 4.74 Å². The maximum Gasteiger partial charge on any atom is 0.255 e. The van der Waals surface area contributed by atoms with Gasteiger partial charge in [0.15, 0.2) is 0 Å². The zero-order valence-corrected chi connectivity index (χ0v) is 31.8. The number of rotatable bonds is 7. The summed E-state index contributed by atoms with van der Waals surface area (Å²) in [6, 6.07) is 25.0. The molecule has 5 aliphatic rings. The van der Waals surface area contributed by atoms with Gasteiger partial charge in [0, 0.05) is 81.6 Å². The number of hydrogen-bond acceptors (Lipinski definition) is 8. The number of nitrogens with zero attached hydrogens (tertiary/aromatic N) is 4. The molecule has 0 radical (unpaired) electrons. The van der Waals surface area contributed by atoms with Gasteiger partial charge in [-0.3, -0.25) is 24.6 Å². The Morgan fingerprint density at radius 1 is 0.786 bits per heavy atom. The van der Waals surface area contributed by atoms with Gasteiger partial charge in [0.05, 0.1) is 12.7 Å². The van der Waals surface area contributed by atoms with Crippen LogP contribution in [0, 0.1) is 18.7 Å². The second-order valence-corrected chi connectivity index (χ2v) is 16.2. The summed E-state index contributed by atoms with van der Waals surface area (Å²) in [5, 5.41) is 12.6. The number of piperidine rings is 2. The van der Waals surface area contributed by atoms with Crippen LogP contribution in [0.15, 0.2) is 78.9 Å². The van der Waals surface area contributed by atoms with Crippen molar-refractivity contribution < 1.29 is 28.6 Å². The summed E-state index contributed by atoms with van der Waals surface area (Å²) < 4.78 is 20.6. The summed E-state index contributed by atoms with van der Waals surface area (Å²) in [4.78, 5) is 46.3. The van der Waals surface area contributed by atoms with Crippen molar-refractivity contribution in [2.24, 2.45) is 5.92 Å². The summed E-state index contributed by atoms with van der Waals surface area (Å²) >= 11 is 0. The summed E-state index contributed by atoms with van der Waals surface area (Å²) in [6.45, 7) is 9.52. The smallest absolute Gasteiger partial charge is 0.255 e. The monoisotopic (exact) mass is 757 g/mol. The van der Waals surface area contributed by atoms with E-state index in [1.54, 1.807) is 24.0 Å². The lowest BCUT2D eigenvalue weighted by Gasteiger charge is -2.40. The second kappa shape index (κ2) is 15.0. The molecule has 3 saturated heterocycles. The van der Waals surface area contributed by atoms with Crippen molar-refractivity contribution in [3.63, 3.8) is 0 Å². The van der Waals surface area contributed by atoms with Crippen molar-refractivity contribution in [3.8, 4) is 5.75 Å². The molecule has 11 heteroatoms. The Kier molecular flexibility index (Phi) is 9.75. The first-order valence-corrected chi connectivity index (χ1v) is 20.0. The van der Waals surface area contributed by atoms with Crippen LogP contribution >= 0.6 is 0 Å². The summed E-state index contributed by atoms with van der Waals surface area (Å²) in [6.07, 6.45) is 2.63. The molecule has 5 aliphatic heterocycles. The van der Waals surface area contributed by atoms with E-state index in [1.807, 2.05) is 30.3 Å². The number of fused-ring (bicyclic) bond motifs is 2. The van der Waals surface area contributed by atoms with Gasteiger partial charge in [-0.05, 0) is 114 Å². The number of carbonyl (C=O) groups excluding carboxylic acids is 3. The molecule has 0 unspecified atom stereocenters. The third-order valence-electron chi connectivity index (χ3n) is 12.7. The summed E-state index contributed by atoms with van der Waals surface area (Å²) in [7, 11) is 0. The van der Waals surface area contributed by atoms with Crippen molar-refractivity contribution in [2.75, 3.05) is 55.6 Å². The first-order chi connectivity index (χ1) is 27.2. The highest BCUT2D eigenvalue weighted by atomic mass is 19.1. The molecule has 3 atom stereocenters. The number of aromatic hydroxyl groups is 1. The number of ether oxygens (including phenoxy) is 1. The van der Waals surface area contributed by atoms with Crippen molar-refractivity contribution in [3.05, 3.63) is 124 Å². The molecule has 56 heavy (non-hydrogen) atoms. The molecule has 4 aromatic carbocycles. The highest BCUT2D eigenvalue weighted by Gasteiger charge is 2.39. The molecule has 9 rings (SSSR count). The SMILES string of the molecule is Cc1cc([C@@H]2OCc3cc(O)ccc3[C@@H]2c2ccc(N3CCC(CN4CCN(c5ccc6c(c5)CN([C@H]5CCC(=O)NC5=O)C6=O)CC4)CC3)cc2)ccc1F. The van der Waals surface area contributed by atoms with E-state index in [9.17, 15) is 23.9 Å². The van der Waals surface area contributed by atoms with Gasteiger partial charge in [-0.1, -0.05) is 30.3 Å². The van der Waals surface area contributed by atoms with Crippen molar-refractivity contribution in [1.29, 1.82) is 0 Å². The largest absolute Gasteiger partial charge is 0.508 e. The topological polar surface area (TPSA) is 106 Å².